The molecule has 1 heterocycles. The molecule has 5 rings (SSSR count). The van der Waals surface area contributed by atoms with Gasteiger partial charge in [0.1, 0.15) is 12.4 Å². The van der Waals surface area contributed by atoms with E-state index in [0.717, 1.165) is 22.6 Å². The summed E-state index contributed by atoms with van der Waals surface area (Å²) in [5, 5.41) is 4.41. The third-order valence-electron chi connectivity index (χ3n) is 6.52. The van der Waals surface area contributed by atoms with Crippen molar-refractivity contribution in [2.24, 2.45) is 5.10 Å². The van der Waals surface area contributed by atoms with E-state index >= 15 is 0 Å². The first-order valence-electron chi connectivity index (χ1n) is 13.4. The molecule has 0 bridgehead atoms. The number of amides is 1. The van der Waals surface area contributed by atoms with Crippen LogP contribution in [0.2, 0.25) is 5.02 Å². The molecule has 0 saturated carbocycles. The number of nitrogens with zero attached hydrogens (tertiary/aromatic N) is 2. The molecule has 1 aromatic heterocycles. The zero-order chi connectivity index (χ0) is 29.5. The number of nitrogens with one attached hydrogen (secondary N) is 1. The Morgan fingerprint density at radius 1 is 0.952 bits per heavy atom. The van der Waals surface area contributed by atoms with Gasteiger partial charge in [0.05, 0.1) is 23.5 Å². The normalized spacial score (nSPS) is 11.0. The number of rotatable bonds is 10. The lowest BCUT2D eigenvalue weighted by Gasteiger charge is -2.14. The summed E-state index contributed by atoms with van der Waals surface area (Å²) in [5.74, 6) is 0.0683. The van der Waals surface area contributed by atoms with Crippen molar-refractivity contribution in [3.05, 3.63) is 136 Å². The lowest BCUT2D eigenvalue weighted by atomic mass is 10.1. The first-order valence-corrected chi connectivity index (χ1v) is 13.8. The fraction of sp³-hybridized carbons (Fsp3) is 0.118. The van der Waals surface area contributed by atoms with Crippen LogP contribution >= 0.6 is 11.6 Å². The van der Waals surface area contributed by atoms with Gasteiger partial charge in [-0.15, -0.1) is 0 Å². The molecule has 0 aliphatic rings. The second-order valence-electron chi connectivity index (χ2n) is 9.49. The van der Waals surface area contributed by atoms with Gasteiger partial charge < -0.3 is 14.0 Å². The lowest BCUT2D eigenvalue weighted by Crippen LogP contribution is -2.17. The number of aromatic nitrogens is 1. The molecule has 0 radical (unpaired) electrons. The predicted molar refractivity (Wildman–Crippen MR) is 164 cm³/mol. The van der Waals surface area contributed by atoms with E-state index in [1.165, 1.54) is 18.3 Å². The Morgan fingerprint density at radius 3 is 2.48 bits per heavy atom. The van der Waals surface area contributed by atoms with Gasteiger partial charge in [-0.05, 0) is 91.2 Å². The molecule has 42 heavy (non-hydrogen) atoms. The number of halogens is 2. The summed E-state index contributed by atoms with van der Waals surface area (Å²) in [7, 11) is 0. The molecule has 1 amide bonds. The van der Waals surface area contributed by atoms with Gasteiger partial charge in [-0.25, -0.2) is 9.82 Å². The van der Waals surface area contributed by atoms with Crippen LogP contribution in [0.1, 0.15) is 34.1 Å². The minimum Gasteiger partial charge on any atom is -0.490 e. The van der Waals surface area contributed by atoms with Crippen LogP contribution in [-0.2, 0) is 6.61 Å². The third kappa shape index (κ3) is 6.70. The summed E-state index contributed by atoms with van der Waals surface area (Å²) in [4.78, 5) is 12.8. The average molecular weight is 582 g/mol. The highest BCUT2D eigenvalue weighted by atomic mass is 35.5. The topological polar surface area (TPSA) is 64.8 Å². The maximum absolute atomic E-state index is 13.5. The molecule has 8 heteroatoms. The molecule has 0 aliphatic carbocycles. The van der Waals surface area contributed by atoms with Crippen molar-refractivity contribution in [1.82, 2.24) is 9.99 Å². The van der Waals surface area contributed by atoms with E-state index in [-0.39, 0.29) is 18.3 Å². The minimum atomic E-state index is -0.350. The van der Waals surface area contributed by atoms with Gasteiger partial charge >= 0.3 is 0 Å². The monoisotopic (exact) mass is 581 g/mol. The van der Waals surface area contributed by atoms with Gasteiger partial charge in [0.15, 0.2) is 11.5 Å². The summed E-state index contributed by atoms with van der Waals surface area (Å²) >= 11 is 6.49. The molecule has 0 aliphatic heterocycles. The van der Waals surface area contributed by atoms with Crippen LogP contribution in [0.5, 0.6) is 11.5 Å². The van der Waals surface area contributed by atoms with Crippen molar-refractivity contribution >= 4 is 23.7 Å². The highest BCUT2D eigenvalue weighted by molar-refractivity contribution is 6.32. The molecule has 0 saturated heterocycles. The molecular formula is C34H29ClFN3O3. The Morgan fingerprint density at radius 2 is 1.74 bits per heavy atom. The van der Waals surface area contributed by atoms with Crippen LogP contribution in [0.4, 0.5) is 4.39 Å². The Balaban J connectivity index is 1.26. The number of aryl methyl sites for hydroxylation is 1. The summed E-state index contributed by atoms with van der Waals surface area (Å²) in [6.45, 7) is 4.40. The number of ether oxygens (including phenoxy) is 2. The summed E-state index contributed by atoms with van der Waals surface area (Å²) in [6, 6.07) is 31.2. The molecule has 5 aromatic rings. The number of carbonyl (C=O) groups excluding carboxylic acids is 1. The Labute approximate surface area is 249 Å². The van der Waals surface area contributed by atoms with Crippen LogP contribution in [0.15, 0.2) is 108 Å². The fourth-order valence-corrected chi connectivity index (χ4v) is 4.83. The number of hydrazone groups is 1. The smallest absolute Gasteiger partial charge is 0.271 e. The van der Waals surface area contributed by atoms with E-state index in [0.29, 0.717) is 39.8 Å². The summed E-state index contributed by atoms with van der Waals surface area (Å²) in [6.07, 6.45) is 1.48. The molecule has 212 valence electrons. The molecule has 6 nitrogen and oxygen atoms in total. The summed E-state index contributed by atoms with van der Waals surface area (Å²) < 4.78 is 27.2. The molecule has 4 aromatic carbocycles. The Hall–Kier alpha value is -4.88. The first kappa shape index (κ1) is 28.6. The number of hydrogen-bond donors (Lipinski definition) is 1. The zero-order valence-corrected chi connectivity index (χ0v) is 23.9. The van der Waals surface area contributed by atoms with E-state index in [1.807, 2.05) is 44.2 Å². The highest BCUT2D eigenvalue weighted by Crippen LogP contribution is 2.37. The van der Waals surface area contributed by atoms with Gasteiger partial charge in [0.25, 0.3) is 5.91 Å². The predicted octanol–water partition coefficient (Wildman–Crippen LogP) is 7.99. The molecule has 0 fully saturated rings. The standard InChI is InChI=1S/C34H29ClFN3O3/c1-3-41-32-20-25(19-30(35)33(32)42-22-24-8-7-11-28(36)18-24)21-37-38-34(40)27-13-15-29(16-14-27)39-23(2)12-17-31(39)26-9-5-4-6-10-26/h4-21H,3,22H2,1-2H3,(H,38,40)/b37-21+. The van der Waals surface area contributed by atoms with Crippen molar-refractivity contribution in [2.45, 2.75) is 20.5 Å². The SMILES string of the molecule is CCOc1cc(/C=N/NC(=O)c2ccc(-n3c(C)ccc3-c3ccccc3)cc2)cc(Cl)c1OCc1cccc(F)c1. The third-order valence-corrected chi connectivity index (χ3v) is 6.80. The minimum absolute atomic E-state index is 0.122. The maximum Gasteiger partial charge on any atom is 0.271 e. The average Bonchev–Trinajstić information content (AvgIpc) is 3.38. The van der Waals surface area contributed by atoms with Crippen molar-refractivity contribution in [1.29, 1.82) is 0 Å². The second-order valence-corrected chi connectivity index (χ2v) is 9.90. The van der Waals surface area contributed by atoms with Gasteiger partial charge in [0, 0.05) is 16.9 Å². The van der Waals surface area contributed by atoms with Crippen LogP contribution in [0.25, 0.3) is 16.9 Å². The largest absolute Gasteiger partial charge is 0.490 e. The molecule has 1 N–H and O–H groups in total. The molecule has 0 spiro atoms. The fourth-order valence-electron chi connectivity index (χ4n) is 4.56. The van der Waals surface area contributed by atoms with Crippen molar-refractivity contribution in [2.75, 3.05) is 6.61 Å². The quantitative estimate of drug-likeness (QED) is 0.134. The van der Waals surface area contributed by atoms with Crippen molar-refractivity contribution in [3.63, 3.8) is 0 Å². The van der Waals surface area contributed by atoms with E-state index < -0.39 is 0 Å². The van der Waals surface area contributed by atoms with Gasteiger partial charge in [-0.2, -0.15) is 5.10 Å². The highest BCUT2D eigenvalue weighted by Gasteiger charge is 2.14. The van der Waals surface area contributed by atoms with Gasteiger partial charge in [0.2, 0.25) is 0 Å². The molecule has 0 unspecified atom stereocenters. The molecule has 0 atom stereocenters. The summed E-state index contributed by atoms with van der Waals surface area (Å²) in [5.41, 5.74) is 8.52. The van der Waals surface area contributed by atoms with Crippen LogP contribution in [0, 0.1) is 12.7 Å². The van der Waals surface area contributed by atoms with Crippen LogP contribution < -0.4 is 14.9 Å². The van der Waals surface area contributed by atoms with E-state index in [2.05, 4.69) is 39.4 Å². The van der Waals surface area contributed by atoms with E-state index in [4.69, 9.17) is 21.1 Å². The van der Waals surface area contributed by atoms with E-state index in [9.17, 15) is 9.18 Å². The van der Waals surface area contributed by atoms with Crippen LogP contribution in [0.3, 0.4) is 0 Å². The second kappa shape index (κ2) is 13.2. The Kier molecular flexibility index (Phi) is 8.99. The first-order chi connectivity index (χ1) is 20.4. The lowest BCUT2D eigenvalue weighted by molar-refractivity contribution is 0.0955. The van der Waals surface area contributed by atoms with Crippen molar-refractivity contribution < 1.29 is 18.7 Å². The molecular weight excluding hydrogens is 553 g/mol. The van der Waals surface area contributed by atoms with Crippen LogP contribution in [-0.4, -0.2) is 23.3 Å². The van der Waals surface area contributed by atoms with Gasteiger partial charge in [-0.3, -0.25) is 4.79 Å². The Bertz CT molecular complexity index is 1720. The number of benzene rings is 4. The number of hydrogen-bond acceptors (Lipinski definition) is 4. The number of carbonyl (C=O) groups is 1. The van der Waals surface area contributed by atoms with Crippen molar-refractivity contribution in [3.8, 4) is 28.4 Å². The van der Waals surface area contributed by atoms with Gasteiger partial charge in [-0.1, -0.05) is 54.1 Å². The van der Waals surface area contributed by atoms with E-state index in [1.54, 1.807) is 36.4 Å². The maximum atomic E-state index is 13.5. The zero-order valence-electron chi connectivity index (χ0n) is 23.2.